The van der Waals surface area contributed by atoms with Crippen LogP contribution in [0.3, 0.4) is 0 Å². The number of carbonyl (C=O) groups is 1. The third-order valence-electron chi connectivity index (χ3n) is 3.66. The highest BCUT2D eigenvalue weighted by molar-refractivity contribution is 6.12. The molecule has 18 heavy (non-hydrogen) atoms. The maximum Gasteiger partial charge on any atom is 0.217 e. The summed E-state index contributed by atoms with van der Waals surface area (Å²) in [6.45, 7) is 5.41. The molecule has 0 fully saturated rings. The van der Waals surface area contributed by atoms with Crippen molar-refractivity contribution in [2.75, 3.05) is 18.0 Å². The molecule has 2 heterocycles. The van der Waals surface area contributed by atoms with Crippen LogP contribution in [0.15, 0.2) is 29.3 Å². The molecule has 0 saturated heterocycles. The van der Waals surface area contributed by atoms with Crippen LogP contribution in [0.2, 0.25) is 0 Å². The number of hydrogen-bond donors (Lipinski definition) is 1. The first-order valence-corrected chi connectivity index (χ1v) is 6.33. The number of amidine groups is 1. The molecule has 1 aromatic rings. The van der Waals surface area contributed by atoms with E-state index in [9.17, 15) is 4.79 Å². The maximum absolute atomic E-state index is 11.5. The molecule has 0 radical (unpaired) electrons. The lowest BCUT2D eigenvalue weighted by atomic mass is 9.93. The standard InChI is InChI=1S/C14H17N3O/c1-10(18)16-14(2)11-6-3-4-7-12(11)17-9-5-8-15-13(14)17/h3-4,6-7H,5,8-9H2,1-2H3,(H,16,18). The van der Waals surface area contributed by atoms with Crippen LogP contribution in [0.25, 0.3) is 0 Å². The summed E-state index contributed by atoms with van der Waals surface area (Å²) in [5.74, 6) is 0.951. The zero-order valence-corrected chi connectivity index (χ0v) is 10.7. The van der Waals surface area contributed by atoms with Crippen molar-refractivity contribution in [1.82, 2.24) is 5.32 Å². The summed E-state index contributed by atoms with van der Waals surface area (Å²) in [5.41, 5.74) is 1.83. The lowest BCUT2D eigenvalue weighted by molar-refractivity contribution is -0.120. The minimum Gasteiger partial charge on any atom is -0.340 e. The van der Waals surface area contributed by atoms with E-state index in [1.165, 1.54) is 5.69 Å². The first-order chi connectivity index (χ1) is 8.63. The average molecular weight is 243 g/mol. The van der Waals surface area contributed by atoms with Crippen LogP contribution in [0.1, 0.15) is 25.8 Å². The molecule has 1 atom stereocenters. The van der Waals surface area contributed by atoms with E-state index in [-0.39, 0.29) is 5.91 Å². The third kappa shape index (κ3) is 1.45. The number of anilines is 1. The lowest BCUT2D eigenvalue weighted by Gasteiger charge is -2.31. The fraction of sp³-hybridized carbons (Fsp3) is 0.429. The van der Waals surface area contributed by atoms with Crippen molar-refractivity contribution in [3.8, 4) is 0 Å². The Morgan fingerprint density at radius 3 is 3.00 bits per heavy atom. The van der Waals surface area contributed by atoms with Crippen LogP contribution >= 0.6 is 0 Å². The second-order valence-electron chi connectivity index (χ2n) is 5.03. The van der Waals surface area contributed by atoms with Crippen molar-refractivity contribution in [3.05, 3.63) is 29.8 Å². The Labute approximate surface area is 107 Å². The van der Waals surface area contributed by atoms with Gasteiger partial charge in [0.05, 0.1) is 0 Å². The van der Waals surface area contributed by atoms with Crippen molar-refractivity contribution in [3.63, 3.8) is 0 Å². The van der Waals surface area contributed by atoms with Gasteiger partial charge in [-0.2, -0.15) is 0 Å². The van der Waals surface area contributed by atoms with Crippen LogP contribution < -0.4 is 10.2 Å². The number of nitrogens with zero attached hydrogens (tertiary/aromatic N) is 2. The average Bonchev–Trinajstić information content (AvgIpc) is 2.61. The number of amides is 1. The van der Waals surface area contributed by atoms with Crippen LogP contribution in [0.5, 0.6) is 0 Å². The smallest absolute Gasteiger partial charge is 0.217 e. The number of rotatable bonds is 1. The van der Waals surface area contributed by atoms with E-state index in [1.807, 2.05) is 19.1 Å². The minimum atomic E-state index is -0.483. The Hall–Kier alpha value is -1.84. The molecule has 1 amide bonds. The van der Waals surface area contributed by atoms with E-state index in [1.54, 1.807) is 6.92 Å². The molecule has 2 aliphatic rings. The van der Waals surface area contributed by atoms with Gasteiger partial charge in [0.25, 0.3) is 0 Å². The summed E-state index contributed by atoms with van der Waals surface area (Å²) < 4.78 is 0. The Morgan fingerprint density at radius 1 is 1.44 bits per heavy atom. The molecular weight excluding hydrogens is 226 g/mol. The summed E-state index contributed by atoms with van der Waals surface area (Å²) in [5, 5.41) is 3.06. The molecule has 3 rings (SSSR count). The van der Waals surface area contributed by atoms with Gasteiger partial charge in [-0.3, -0.25) is 9.79 Å². The van der Waals surface area contributed by atoms with Crippen molar-refractivity contribution >= 4 is 17.4 Å². The second-order valence-corrected chi connectivity index (χ2v) is 5.03. The number of nitrogens with one attached hydrogen (secondary N) is 1. The molecule has 0 bridgehead atoms. The van der Waals surface area contributed by atoms with Gasteiger partial charge in [-0.25, -0.2) is 0 Å². The zero-order valence-electron chi connectivity index (χ0n) is 10.7. The largest absolute Gasteiger partial charge is 0.340 e. The fourth-order valence-electron chi connectivity index (χ4n) is 3.00. The maximum atomic E-state index is 11.5. The van der Waals surface area contributed by atoms with Crippen molar-refractivity contribution in [1.29, 1.82) is 0 Å². The molecule has 1 N–H and O–H groups in total. The number of hydrogen-bond acceptors (Lipinski definition) is 3. The number of aliphatic imine (C=N–C) groups is 1. The summed E-state index contributed by atoms with van der Waals surface area (Å²) in [6.07, 6.45) is 1.06. The molecule has 2 aliphatic heterocycles. The van der Waals surface area contributed by atoms with Gasteiger partial charge in [-0.15, -0.1) is 0 Å². The lowest BCUT2D eigenvalue weighted by Crippen LogP contribution is -2.51. The van der Waals surface area contributed by atoms with Gasteiger partial charge in [0.2, 0.25) is 5.91 Å². The summed E-state index contributed by atoms with van der Waals surface area (Å²) in [4.78, 5) is 18.4. The molecule has 0 spiro atoms. The highest BCUT2D eigenvalue weighted by Crippen LogP contribution is 2.41. The highest BCUT2D eigenvalue weighted by atomic mass is 16.1. The van der Waals surface area contributed by atoms with E-state index < -0.39 is 5.54 Å². The number of fused-ring (bicyclic) bond motifs is 3. The first-order valence-electron chi connectivity index (χ1n) is 6.33. The number of benzene rings is 1. The Kier molecular flexibility index (Phi) is 2.40. The van der Waals surface area contributed by atoms with Crippen LogP contribution in [0.4, 0.5) is 5.69 Å². The molecule has 4 nitrogen and oxygen atoms in total. The van der Waals surface area contributed by atoms with Crippen molar-refractivity contribution in [2.24, 2.45) is 4.99 Å². The molecular formula is C14H17N3O. The van der Waals surface area contributed by atoms with Crippen LogP contribution in [0, 0.1) is 0 Å². The van der Waals surface area contributed by atoms with E-state index >= 15 is 0 Å². The SMILES string of the molecule is CC(=O)NC1(C)C2=NCCCN2c2ccccc21. The van der Waals surface area contributed by atoms with Crippen LogP contribution in [-0.2, 0) is 10.3 Å². The monoisotopic (exact) mass is 243 g/mol. The van der Waals surface area contributed by atoms with Gasteiger partial charge < -0.3 is 10.2 Å². The summed E-state index contributed by atoms with van der Waals surface area (Å²) in [7, 11) is 0. The summed E-state index contributed by atoms with van der Waals surface area (Å²) >= 11 is 0. The second kappa shape index (κ2) is 3.83. The molecule has 0 aromatic heterocycles. The van der Waals surface area contributed by atoms with Crippen LogP contribution in [-0.4, -0.2) is 24.8 Å². The molecule has 94 valence electrons. The number of para-hydroxylation sites is 1. The van der Waals surface area contributed by atoms with E-state index in [2.05, 4.69) is 27.3 Å². The Morgan fingerprint density at radius 2 is 2.22 bits per heavy atom. The van der Waals surface area contributed by atoms with Gasteiger partial charge in [0.1, 0.15) is 11.4 Å². The van der Waals surface area contributed by atoms with Crippen molar-refractivity contribution in [2.45, 2.75) is 25.8 Å². The van der Waals surface area contributed by atoms with Gasteiger partial charge in [0, 0.05) is 31.3 Å². The Bertz CT molecular complexity index is 538. The fourth-order valence-corrected chi connectivity index (χ4v) is 3.00. The molecule has 0 saturated carbocycles. The summed E-state index contributed by atoms with van der Waals surface area (Å²) in [6, 6.07) is 8.22. The third-order valence-corrected chi connectivity index (χ3v) is 3.66. The van der Waals surface area contributed by atoms with Gasteiger partial charge in [-0.1, -0.05) is 18.2 Å². The quantitative estimate of drug-likeness (QED) is 0.815. The van der Waals surface area contributed by atoms with Gasteiger partial charge >= 0.3 is 0 Å². The highest BCUT2D eigenvalue weighted by Gasteiger charge is 2.46. The normalized spacial score (nSPS) is 25.2. The molecule has 4 heteroatoms. The van der Waals surface area contributed by atoms with Crippen molar-refractivity contribution < 1.29 is 4.79 Å². The van der Waals surface area contributed by atoms with E-state index in [4.69, 9.17) is 0 Å². The topological polar surface area (TPSA) is 44.7 Å². The Balaban J connectivity index is 2.17. The first kappa shape index (κ1) is 11.3. The molecule has 0 aliphatic carbocycles. The minimum absolute atomic E-state index is 0.0255. The van der Waals surface area contributed by atoms with E-state index in [0.717, 1.165) is 30.9 Å². The van der Waals surface area contributed by atoms with Gasteiger partial charge in [0.15, 0.2) is 0 Å². The van der Waals surface area contributed by atoms with Gasteiger partial charge in [-0.05, 0) is 19.4 Å². The molecule has 1 aromatic carbocycles. The van der Waals surface area contributed by atoms with E-state index in [0.29, 0.717) is 0 Å². The molecule has 1 unspecified atom stereocenters. The predicted molar refractivity (Wildman–Crippen MR) is 71.9 cm³/mol. The zero-order chi connectivity index (χ0) is 12.8. The predicted octanol–water partition coefficient (Wildman–Crippen LogP) is 1.66. The number of carbonyl (C=O) groups excluding carboxylic acids is 1.